The van der Waals surface area contributed by atoms with Gasteiger partial charge in [-0.25, -0.2) is 0 Å². The standard InChI is InChI=1S/C9H10O.C8H10/c1-7-3-4-9(6-10)8(2)5-7;1-7-4-3-5-8(2)6-7/h3-6H,1-2H3;3-6H,1-2H3. The summed E-state index contributed by atoms with van der Waals surface area (Å²) in [6.07, 6.45) is 0.884. The lowest BCUT2D eigenvalue weighted by Gasteiger charge is -1.97. The van der Waals surface area contributed by atoms with Gasteiger partial charge in [-0.2, -0.15) is 0 Å². The zero-order chi connectivity index (χ0) is 13.5. The van der Waals surface area contributed by atoms with Crippen molar-refractivity contribution in [2.75, 3.05) is 0 Å². The predicted molar refractivity (Wildman–Crippen MR) is 77.2 cm³/mol. The van der Waals surface area contributed by atoms with Gasteiger partial charge >= 0.3 is 0 Å². The summed E-state index contributed by atoms with van der Waals surface area (Å²) < 4.78 is 0. The first kappa shape index (κ1) is 14.2. The summed E-state index contributed by atoms with van der Waals surface area (Å²) in [4.78, 5) is 10.3. The second-order valence-corrected chi connectivity index (χ2v) is 4.64. The fraction of sp³-hybridized carbons (Fsp3) is 0.235. The van der Waals surface area contributed by atoms with E-state index in [4.69, 9.17) is 0 Å². The summed E-state index contributed by atoms with van der Waals surface area (Å²) in [5.41, 5.74) is 5.71. The molecule has 0 saturated heterocycles. The monoisotopic (exact) mass is 240 g/mol. The molecule has 1 nitrogen and oxygen atoms in total. The van der Waals surface area contributed by atoms with Crippen LogP contribution in [0, 0.1) is 27.7 Å². The molecule has 2 aromatic rings. The van der Waals surface area contributed by atoms with Crippen molar-refractivity contribution in [1.29, 1.82) is 0 Å². The molecule has 0 amide bonds. The molecule has 0 unspecified atom stereocenters. The average Bonchev–Trinajstić information content (AvgIpc) is 2.29. The molecule has 0 heterocycles. The fourth-order valence-corrected chi connectivity index (χ4v) is 1.76. The van der Waals surface area contributed by atoms with Crippen molar-refractivity contribution in [3.05, 3.63) is 70.3 Å². The number of rotatable bonds is 1. The lowest BCUT2D eigenvalue weighted by Crippen LogP contribution is -1.85. The van der Waals surface area contributed by atoms with Gasteiger partial charge in [-0.1, -0.05) is 59.2 Å². The number of benzene rings is 2. The largest absolute Gasteiger partial charge is 0.298 e. The summed E-state index contributed by atoms with van der Waals surface area (Å²) in [5, 5.41) is 0. The molecule has 0 radical (unpaired) electrons. The van der Waals surface area contributed by atoms with Gasteiger partial charge in [0, 0.05) is 5.56 Å². The minimum Gasteiger partial charge on any atom is -0.298 e. The number of carbonyl (C=O) groups excluding carboxylic acids is 1. The summed E-state index contributed by atoms with van der Waals surface area (Å²) >= 11 is 0. The molecular weight excluding hydrogens is 220 g/mol. The molecule has 0 aliphatic carbocycles. The molecule has 0 bridgehead atoms. The van der Waals surface area contributed by atoms with Crippen LogP contribution in [0.1, 0.15) is 32.6 Å². The average molecular weight is 240 g/mol. The van der Waals surface area contributed by atoms with Crippen molar-refractivity contribution in [2.24, 2.45) is 0 Å². The van der Waals surface area contributed by atoms with Crippen LogP contribution in [-0.2, 0) is 0 Å². The van der Waals surface area contributed by atoms with Crippen molar-refractivity contribution >= 4 is 6.29 Å². The van der Waals surface area contributed by atoms with E-state index in [-0.39, 0.29) is 0 Å². The van der Waals surface area contributed by atoms with Crippen LogP contribution >= 0.6 is 0 Å². The molecule has 0 aromatic heterocycles. The number of hydrogen-bond donors (Lipinski definition) is 0. The Bertz CT molecular complexity index is 510. The van der Waals surface area contributed by atoms with Crippen molar-refractivity contribution in [1.82, 2.24) is 0 Å². The van der Waals surface area contributed by atoms with Crippen LogP contribution in [-0.4, -0.2) is 6.29 Å². The van der Waals surface area contributed by atoms with Crippen LogP contribution in [0.5, 0.6) is 0 Å². The minimum atomic E-state index is 0.783. The van der Waals surface area contributed by atoms with Gasteiger partial charge in [0.25, 0.3) is 0 Å². The van der Waals surface area contributed by atoms with Gasteiger partial charge in [0.2, 0.25) is 0 Å². The Morgan fingerprint density at radius 3 is 1.72 bits per heavy atom. The zero-order valence-electron chi connectivity index (χ0n) is 11.5. The van der Waals surface area contributed by atoms with Crippen LogP contribution in [0.3, 0.4) is 0 Å². The maximum atomic E-state index is 10.3. The normalized spacial score (nSPS) is 9.33. The summed E-state index contributed by atoms with van der Waals surface area (Å²) in [7, 11) is 0. The Hall–Kier alpha value is -1.89. The molecule has 2 rings (SSSR count). The molecule has 0 aliphatic rings. The highest BCUT2D eigenvalue weighted by Gasteiger charge is 1.93. The Labute approximate surface area is 109 Å². The Morgan fingerprint density at radius 1 is 0.778 bits per heavy atom. The van der Waals surface area contributed by atoms with E-state index < -0.39 is 0 Å². The van der Waals surface area contributed by atoms with E-state index in [2.05, 4.69) is 38.1 Å². The second kappa shape index (κ2) is 6.75. The summed E-state index contributed by atoms with van der Waals surface area (Å²) in [5.74, 6) is 0. The molecular formula is C17H20O. The van der Waals surface area contributed by atoms with Gasteiger partial charge < -0.3 is 0 Å². The number of carbonyl (C=O) groups is 1. The molecule has 0 N–H and O–H groups in total. The molecule has 0 spiro atoms. The number of hydrogen-bond acceptors (Lipinski definition) is 1. The van der Waals surface area contributed by atoms with Gasteiger partial charge in [0.1, 0.15) is 6.29 Å². The van der Waals surface area contributed by atoms with Gasteiger partial charge in [-0.05, 0) is 33.3 Å². The van der Waals surface area contributed by atoms with Gasteiger partial charge in [-0.15, -0.1) is 0 Å². The van der Waals surface area contributed by atoms with Crippen LogP contribution in [0.2, 0.25) is 0 Å². The number of aryl methyl sites for hydroxylation is 4. The van der Waals surface area contributed by atoms with Gasteiger partial charge in [0.05, 0.1) is 0 Å². The summed E-state index contributed by atoms with van der Waals surface area (Å²) in [6.45, 7) is 8.16. The molecule has 0 saturated carbocycles. The van der Waals surface area contributed by atoms with Crippen molar-refractivity contribution < 1.29 is 4.79 Å². The summed E-state index contributed by atoms with van der Waals surface area (Å²) in [6, 6.07) is 14.2. The third-order valence-electron chi connectivity index (χ3n) is 2.73. The van der Waals surface area contributed by atoms with Crippen LogP contribution < -0.4 is 0 Å². The van der Waals surface area contributed by atoms with E-state index in [1.165, 1.54) is 16.7 Å². The third kappa shape index (κ3) is 4.54. The number of aldehydes is 1. The van der Waals surface area contributed by atoms with Crippen molar-refractivity contribution in [3.63, 3.8) is 0 Å². The van der Waals surface area contributed by atoms with Crippen LogP contribution in [0.15, 0.2) is 42.5 Å². The minimum absolute atomic E-state index is 0.783. The lowest BCUT2D eigenvalue weighted by molar-refractivity contribution is 0.112. The maximum Gasteiger partial charge on any atom is 0.150 e. The lowest BCUT2D eigenvalue weighted by atomic mass is 10.1. The Morgan fingerprint density at radius 2 is 1.33 bits per heavy atom. The quantitative estimate of drug-likeness (QED) is 0.674. The van der Waals surface area contributed by atoms with E-state index in [9.17, 15) is 4.79 Å². The smallest absolute Gasteiger partial charge is 0.150 e. The molecule has 0 atom stereocenters. The molecule has 2 aromatic carbocycles. The molecule has 0 fully saturated rings. The van der Waals surface area contributed by atoms with Gasteiger partial charge in [-0.3, -0.25) is 4.79 Å². The predicted octanol–water partition coefficient (Wildman–Crippen LogP) is 4.42. The fourth-order valence-electron chi connectivity index (χ4n) is 1.76. The van der Waals surface area contributed by atoms with Crippen LogP contribution in [0.25, 0.3) is 0 Å². The first-order chi connectivity index (χ1) is 8.52. The van der Waals surface area contributed by atoms with Crippen LogP contribution in [0.4, 0.5) is 0 Å². The van der Waals surface area contributed by atoms with E-state index in [0.29, 0.717) is 0 Å². The van der Waals surface area contributed by atoms with Gasteiger partial charge in [0.15, 0.2) is 0 Å². The maximum absolute atomic E-state index is 10.3. The first-order valence-corrected chi connectivity index (χ1v) is 6.08. The highest BCUT2D eigenvalue weighted by atomic mass is 16.1. The first-order valence-electron chi connectivity index (χ1n) is 6.08. The SMILES string of the molecule is Cc1ccc(C=O)c(C)c1.Cc1cccc(C)c1. The highest BCUT2D eigenvalue weighted by Crippen LogP contribution is 2.07. The third-order valence-corrected chi connectivity index (χ3v) is 2.73. The molecule has 18 heavy (non-hydrogen) atoms. The van der Waals surface area contributed by atoms with E-state index >= 15 is 0 Å². The Balaban J connectivity index is 0.000000184. The van der Waals surface area contributed by atoms with E-state index in [1.807, 2.05) is 32.0 Å². The highest BCUT2D eigenvalue weighted by molar-refractivity contribution is 5.77. The molecule has 94 valence electrons. The zero-order valence-corrected chi connectivity index (χ0v) is 11.5. The van der Waals surface area contributed by atoms with E-state index in [0.717, 1.165) is 17.4 Å². The molecule has 0 aliphatic heterocycles. The second-order valence-electron chi connectivity index (χ2n) is 4.64. The molecule has 1 heteroatoms. The van der Waals surface area contributed by atoms with E-state index in [1.54, 1.807) is 0 Å². The topological polar surface area (TPSA) is 17.1 Å². The van der Waals surface area contributed by atoms with Crippen molar-refractivity contribution in [2.45, 2.75) is 27.7 Å². The Kier molecular flexibility index (Phi) is 5.31. The van der Waals surface area contributed by atoms with Crippen molar-refractivity contribution in [3.8, 4) is 0 Å².